The highest BCUT2D eigenvalue weighted by Gasteiger charge is 2.26. The molecule has 0 amide bonds. The Morgan fingerprint density at radius 3 is 2.33 bits per heavy atom. The molecule has 5 rings (SSSR count). The molecule has 0 aliphatic carbocycles. The van der Waals surface area contributed by atoms with Crippen molar-refractivity contribution >= 4 is 12.0 Å². The highest BCUT2D eigenvalue weighted by atomic mass is 16.3. The van der Waals surface area contributed by atoms with Crippen LogP contribution in [0, 0.1) is 18.3 Å². The lowest BCUT2D eigenvalue weighted by Crippen LogP contribution is -2.49. The van der Waals surface area contributed by atoms with Gasteiger partial charge < -0.3 is 19.7 Å². The smallest absolute Gasteiger partial charge is 0.116 e. The van der Waals surface area contributed by atoms with Crippen LogP contribution in [0.5, 0.6) is 0 Å². The molecule has 40 heavy (non-hydrogen) atoms. The van der Waals surface area contributed by atoms with E-state index in [0.29, 0.717) is 13.1 Å². The second kappa shape index (κ2) is 15.3. The Balaban J connectivity index is 0.000000827. The number of aliphatic hydroxyl groups excluding tert-OH is 1. The number of aldehydes is 1. The number of aryl methyl sites for hydroxylation is 1. The van der Waals surface area contributed by atoms with Crippen LogP contribution in [0.15, 0.2) is 48.5 Å². The Bertz CT molecular complexity index is 1260. The Morgan fingerprint density at radius 2 is 1.68 bits per heavy atom. The van der Waals surface area contributed by atoms with Gasteiger partial charge in [-0.3, -0.25) is 9.58 Å². The highest BCUT2D eigenvalue weighted by molar-refractivity contribution is 5.65. The third kappa shape index (κ3) is 7.79. The summed E-state index contributed by atoms with van der Waals surface area (Å²) in [6.45, 7) is 14.0. The molecular weight excluding hydrogens is 500 g/mol. The molecule has 1 fully saturated rings. The van der Waals surface area contributed by atoms with E-state index in [1.807, 2.05) is 38.1 Å². The molecule has 1 atom stereocenters. The van der Waals surface area contributed by atoms with Gasteiger partial charge in [0.15, 0.2) is 0 Å². The van der Waals surface area contributed by atoms with Crippen LogP contribution in [0.1, 0.15) is 43.2 Å². The van der Waals surface area contributed by atoms with Crippen LogP contribution in [0.2, 0.25) is 0 Å². The molecule has 3 heterocycles. The number of rotatable bonds is 6. The first-order valence-corrected chi connectivity index (χ1v) is 14.3. The van der Waals surface area contributed by atoms with Crippen LogP contribution in [0.4, 0.5) is 5.69 Å². The number of aliphatic hydroxyl groups is 1. The molecule has 1 unspecified atom stereocenters. The fourth-order valence-electron chi connectivity index (χ4n) is 5.29. The van der Waals surface area contributed by atoms with Gasteiger partial charge in [-0.25, -0.2) is 0 Å². The summed E-state index contributed by atoms with van der Waals surface area (Å²) in [5, 5.41) is 25.4. The van der Waals surface area contributed by atoms with Gasteiger partial charge in [-0.2, -0.15) is 10.4 Å². The van der Waals surface area contributed by atoms with Crippen molar-refractivity contribution in [1.29, 1.82) is 5.26 Å². The zero-order chi connectivity index (χ0) is 29.1. The van der Waals surface area contributed by atoms with E-state index >= 15 is 0 Å². The molecule has 0 spiro atoms. The maximum atomic E-state index is 11.0. The fourth-order valence-corrected chi connectivity index (χ4v) is 5.29. The number of likely N-dealkylation sites (N-methyl/N-ethyl adjacent to an activating group) is 1. The minimum atomic E-state index is -0.484. The van der Waals surface area contributed by atoms with Gasteiger partial charge >= 0.3 is 0 Å². The second-order valence-electron chi connectivity index (χ2n) is 10.1. The minimum Gasteiger partial charge on any atom is -0.390 e. The monoisotopic (exact) mass is 544 g/mol. The summed E-state index contributed by atoms with van der Waals surface area (Å²) in [4.78, 5) is 15.7. The SMILES string of the molecule is CC.CC=O.Cc1ccc(-c2nn(CC(O)CN3CCN(c4ccccc4C#N)CC3)c3c2CN(C)CC3)cc1. The van der Waals surface area contributed by atoms with E-state index in [2.05, 4.69) is 63.7 Å². The van der Waals surface area contributed by atoms with Gasteiger partial charge in [0.25, 0.3) is 0 Å². The number of benzene rings is 2. The lowest BCUT2D eigenvalue weighted by Gasteiger charge is -2.37. The zero-order valence-electron chi connectivity index (χ0n) is 24.7. The molecule has 1 aromatic heterocycles. The Kier molecular flexibility index (Phi) is 11.9. The third-order valence-electron chi connectivity index (χ3n) is 7.24. The third-order valence-corrected chi connectivity index (χ3v) is 7.24. The van der Waals surface area contributed by atoms with Gasteiger partial charge in [0.1, 0.15) is 12.4 Å². The standard InChI is InChI=1S/C28H34N6O.C2H4O.C2H6/c1-21-7-9-22(10-8-21)28-25-20-31(2)12-11-27(25)34(30-28)19-24(35)18-32-13-15-33(16-14-32)26-6-4-3-5-23(26)17-29;1-2-3;1-2/h3-10,24,35H,11-16,18-20H2,1-2H3;2H,1H3;1-2H3. The molecule has 0 saturated carbocycles. The summed E-state index contributed by atoms with van der Waals surface area (Å²) >= 11 is 0. The molecule has 2 aliphatic rings. The van der Waals surface area contributed by atoms with Gasteiger partial charge in [-0.05, 0) is 33.0 Å². The van der Waals surface area contributed by atoms with E-state index in [9.17, 15) is 10.4 Å². The first-order valence-electron chi connectivity index (χ1n) is 14.3. The number of nitriles is 1. The quantitative estimate of drug-likeness (QED) is 0.467. The van der Waals surface area contributed by atoms with E-state index in [-0.39, 0.29) is 0 Å². The molecule has 3 aromatic rings. The number of para-hydroxylation sites is 1. The Hall–Kier alpha value is -3.51. The first kappa shape index (κ1) is 31.0. The van der Waals surface area contributed by atoms with Crippen molar-refractivity contribution in [2.75, 3.05) is 51.2 Å². The summed E-state index contributed by atoms with van der Waals surface area (Å²) in [6, 6.07) is 18.7. The average molecular weight is 545 g/mol. The predicted molar refractivity (Wildman–Crippen MR) is 161 cm³/mol. The zero-order valence-corrected chi connectivity index (χ0v) is 24.7. The fraction of sp³-hybridized carbons (Fsp3) is 0.469. The van der Waals surface area contributed by atoms with Crippen LogP contribution in [0.3, 0.4) is 0 Å². The van der Waals surface area contributed by atoms with Crippen molar-refractivity contribution in [3.63, 3.8) is 0 Å². The summed E-state index contributed by atoms with van der Waals surface area (Å²) in [6.07, 6.45) is 1.22. The molecule has 8 nitrogen and oxygen atoms in total. The molecule has 2 aliphatic heterocycles. The number of β-amino-alcohol motifs (C(OH)–C–C–N with tert-alkyl or cyclic N) is 1. The number of carbonyl (C=O) groups excluding carboxylic acids is 1. The van der Waals surface area contributed by atoms with Crippen LogP contribution in [-0.2, 0) is 24.3 Å². The number of piperazine rings is 1. The highest BCUT2D eigenvalue weighted by Crippen LogP contribution is 2.30. The van der Waals surface area contributed by atoms with Gasteiger partial charge in [-0.15, -0.1) is 0 Å². The summed E-state index contributed by atoms with van der Waals surface area (Å²) < 4.78 is 2.06. The Morgan fingerprint density at radius 1 is 1.02 bits per heavy atom. The Labute approximate surface area is 239 Å². The molecule has 0 bridgehead atoms. The number of aromatic nitrogens is 2. The summed E-state index contributed by atoms with van der Waals surface area (Å²) in [5.41, 5.74) is 7.71. The van der Waals surface area contributed by atoms with Crippen molar-refractivity contribution in [1.82, 2.24) is 19.6 Å². The molecule has 214 valence electrons. The van der Waals surface area contributed by atoms with Gasteiger partial charge in [0.2, 0.25) is 0 Å². The molecule has 1 saturated heterocycles. The van der Waals surface area contributed by atoms with E-state index in [1.54, 1.807) is 0 Å². The number of carbonyl (C=O) groups is 1. The molecule has 0 radical (unpaired) electrons. The number of hydrogen-bond donors (Lipinski definition) is 1. The molecule has 1 N–H and O–H groups in total. The van der Waals surface area contributed by atoms with E-state index in [1.165, 1.54) is 23.7 Å². The van der Waals surface area contributed by atoms with Crippen molar-refractivity contribution in [2.24, 2.45) is 0 Å². The average Bonchev–Trinajstić information content (AvgIpc) is 3.32. The summed E-state index contributed by atoms with van der Waals surface area (Å²) in [7, 11) is 2.16. The maximum absolute atomic E-state index is 11.0. The van der Waals surface area contributed by atoms with Crippen molar-refractivity contribution < 1.29 is 9.90 Å². The van der Waals surface area contributed by atoms with Crippen LogP contribution >= 0.6 is 0 Å². The normalized spacial score (nSPS) is 16.0. The molecular formula is C32H44N6O2. The minimum absolute atomic E-state index is 0.484. The number of nitrogens with zero attached hydrogens (tertiary/aromatic N) is 6. The van der Waals surface area contributed by atoms with Crippen LogP contribution < -0.4 is 4.90 Å². The number of hydrogen-bond acceptors (Lipinski definition) is 7. The van der Waals surface area contributed by atoms with Gasteiger partial charge in [0.05, 0.1) is 29.6 Å². The van der Waals surface area contributed by atoms with Gasteiger partial charge in [0, 0.05) is 69.1 Å². The van der Waals surface area contributed by atoms with E-state index in [4.69, 9.17) is 9.89 Å². The maximum Gasteiger partial charge on any atom is 0.116 e. The molecule has 2 aromatic carbocycles. The number of anilines is 1. The van der Waals surface area contributed by atoms with Crippen molar-refractivity contribution in [3.05, 3.63) is 70.9 Å². The predicted octanol–water partition coefficient (Wildman–Crippen LogP) is 4.13. The van der Waals surface area contributed by atoms with Crippen molar-refractivity contribution in [2.45, 2.75) is 53.3 Å². The van der Waals surface area contributed by atoms with E-state index in [0.717, 1.165) is 74.5 Å². The van der Waals surface area contributed by atoms with Crippen LogP contribution in [0.25, 0.3) is 11.3 Å². The lowest BCUT2D eigenvalue weighted by molar-refractivity contribution is -0.106. The summed E-state index contributed by atoms with van der Waals surface area (Å²) in [5.74, 6) is 0. The van der Waals surface area contributed by atoms with Gasteiger partial charge in [-0.1, -0.05) is 55.8 Å². The van der Waals surface area contributed by atoms with Crippen molar-refractivity contribution in [3.8, 4) is 17.3 Å². The largest absolute Gasteiger partial charge is 0.390 e. The van der Waals surface area contributed by atoms with Crippen LogP contribution in [-0.4, -0.2) is 83.4 Å². The topological polar surface area (TPSA) is 88.6 Å². The second-order valence-corrected chi connectivity index (χ2v) is 10.1. The molecule has 8 heteroatoms. The number of fused-ring (bicyclic) bond motifs is 1. The van der Waals surface area contributed by atoms with E-state index < -0.39 is 6.10 Å². The lowest BCUT2D eigenvalue weighted by atomic mass is 10.0. The first-order chi connectivity index (χ1) is 19.4.